The highest BCUT2D eigenvalue weighted by atomic mass is 35.5. The van der Waals surface area contributed by atoms with E-state index in [4.69, 9.17) is 16.3 Å². The number of methoxy groups -OCH3 is 1. The van der Waals surface area contributed by atoms with E-state index in [-0.39, 0.29) is 10.8 Å². The van der Waals surface area contributed by atoms with E-state index in [2.05, 4.69) is 0 Å². The molecule has 1 aliphatic carbocycles. The molecule has 0 saturated heterocycles. The third-order valence-corrected chi connectivity index (χ3v) is 5.03. The third kappa shape index (κ3) is 5.27. The maximum absolute atomic E-state index is 13.5. The van der Waals surface area contributed by atoms with Crippen LogP contribution in [0.15, 0.2) is 18.2 Å². The van der Waals surface area contributed by atoms with Gasteiger partial charge in [0.15, 0.2) is 0 Å². The third-order valence-electron chi connectivity index (χ3n) is 4.72. The maximum Gasteiger partial charge on any atom is 0.142 e. The minimum Gasteiger partial charge on any atom is -0.385 e. The average Bonchev–Trinajstić information content (AvgIpc) is 2.50. The topological polar surface area (TPSA) is 9.23 Å². The van der Waals surface area contributed by atoms with E-state index in [9.17, 15) is 4.39 Å². The zero-order chi connectivity index (χ0) is 15.1. The van der Waals surface area contributed by atoms with Gasteiger partial charge in [-0.3, -0.25) is 0 Å². The Morgan fingerprint density at radius 3 is 2.57 bits per heavy atom. The van der Waals surface area contributed by atoms with Crippen molar-refractivity contribution in [1.29, 1.82) is 0 Å². The SMILES string of the molecule is COCCCCCC1CCC(c2ccc(Cl)c(F)c2)CC1. The number of rotatable bonds is 7. The summed E-state index contributed by atoms with van der Waals surface area (Å²) >= 11 is 5.75. The first kappa shape index (κ1) is 16.8. The second-order valence-electron chi connectivity index (χ2n) is 6.23. The first-order valence-corrected chi connectivity index (χ1v) is 8.52. The fraction of sp³-hybridized carbons (Fsp3) is 0.667. The lowest BCUT2D eigenvalue weighted by atomic mass is 9.77. The molecule has 0 bridgehead atoms. The molecule has 2 rings (SSSR count). The molecule has 0 N–H and O–H groups in total. The molecular weight excluding hydrogens is 287 g/mol. The van der Waals surface area contributed by atoms with Crippen LogP contribution < -0.4 is 0 Å². The lowest BCUT2D eigenvalue weighted by molar-refractivity contribution is 0.190. The van der Waals surface area contributed by atoms with Crippen LogP contribution in [0.25, 0.3) is 0 Å². The first-order valence-electron chi connectivity index (χ1n) is 8.14. The van der Waals surface area contributed by atoms with Crippen LogP contribution in [0.3, 0.4) is 0 Å². The molecule has 1 nitrogen and oxygen atoms in total. The van der Waals surface area contributed by atoms with Crippen LogP contribution in [0.4, 0.5) is 4.39 Å². The average molecular weight is 313 g/mol. The Morgan fingerprint density at radius 2 is 1.90 bits per heavy atom. The fourth-order valence-corrected chi connectivity index (χ4v) is 3.52. The van der Waals surface area contributed by atoms with Crippen molar-refractivity contribution in [1.82, 2.24) is 0 Å². The molecule has 1 saturated carbocycles. The zero-order valence-corrected chi connectivity index (χ0v) is 13.7. The summed E-state index contributed by atoms with van der Waals surface area (Å²) in [5, 5.41) is 0.225. The second kappa shape index (κ2) is 8.75. The van der Waals surface area contributed by atoms with Gasteiger partial charge in [-0.1, -0.05) is 36.9 Å². The number of ether oxygens (including phenoxy) is 1. The molecule has 1 aliphatic rings. The Morgan fingerprint density at radius 1 is 1.14 bits per heavy atom. The highest BCUT2D eigenvalue weighted by Crippen LogP contribution is 2.38. The molecule has 21 heavy (non-hydrogen) atoms. The van der Waals surface area contributed by atoms with E-state index in [1.165, 1.54) is 51.4 Å². The predicted octanol–water partition coefficient (Wildman–Crippen LogP) is 5.96. The van der Waals surface area contributed by atoms with E-state index >= 15 is 0 Å². The Labute approximate surface area is 132 Å². The van der Waals surface area contributed by atoms with Crippen molar-refractivity contribution in [3.05, 3.63) is 34.6 Å². The number of benzene rings is 1. The van der Waals surface area contributed by atoms with Gasteiger partial charge in [-0.25, -0.2) is 4.39 Å². The molecule has 0 radical (unpaired) electrons. The molecule has 0 spiro atoms. The van der Waals surface area contributed by atoms with Gasteiger partial charge in [0, 0.05) is 13.7 Å². The quantitative estimate of drug-likeness (QED) is 0.564. The van der Waals surface area contributed by atoms with Gasteiger partial charge >= 0.3 is 0 Å². The van der Waals surface area contributed by atoms with E-state index < -0.39 is 0 Å². The number of unbranched alkanes of at least 4 members (excludes halogenated alkanes) is 2. The van der Waals surface area contributed by atoms with Crippen LogP contribution in [0.5, 0.6) is 0 Å². The van der Waals surface area contributed by atoms with Gasteiger partial charge < -0.3 is 4.74 Å². The van der Waals surface area contributed by atoms with Gasteiger partial charge in [0.1, 0.15) is 5.82 Å². The van der Waals surface area contributed by atoms with Gasteiger partial charge in [0.2, 0.25) is 0 Å². The molecule has 0 unspecified atom stereocenters. The van der Waals surface area contributed by atoms with Crippen molar-refractivity contribution in [3.63, 3.8) is 0 Å². The standard InChI is InChI=1S/C18H26ClFO/c1-21-12-4-2-3-5-14-6-8-15(9-7-14)16-10-11-17(19)18(20)13-16/h10-11,13-15H,2-9,12H2,1H3. The van der Waals surface area contributed by atoms with Crippen LogP contribution >= 0.6 is 11.6 Å². The summed E-state index contributed by atoms with van der Waals surface area (Å²) in [6.45, 7) is 0.884. The summed E-state index contributed by atoms with van der Waals surface area (Å²) in [6, 6.07) is 5.30. The molecule has 3 heteroatoms. The van der Waals surface area contributed by atoms with E-state index in [0.717, 1.165) is 18.1 Å². The van der Waals surface area contributed by atoms with Crippen molar-refractivity contribution >= 4 is 11.6 Å². The second-order valence-corrected chi connectivity index (χ2v) is 6.64. The van der Waals surface area contributed by atoms with Gasteiger partial charge in [-0.15, -0.1) is 0 Å². The number of hydrogen-bond donors (Lipinski definition) is 0. The lowest BCUT2D eigenvalue weighted by Gasteiger charge is -2.29. The molecule has 118 valence electrons. The van der Waals surface area contributed by atoms with Crippen molar-refractivity contribution in [2.75, 3.05) is 13.7 Å². The maximum atomic E-state index is 13.5. The summed E-state index contributed by atoms with van der Waals surface area (Å²) in [4.78, 5) is 0. The number of hydrogen-bond acceptors (Lipinski definition) is 1. The largest absolute Gasteiger partial charge is 0.385 e. The molecule has 1 fully saturated rings. The molecule has 0 heterocycles. The molecule has 0 aliphatic heterocycles. The van der Waals surface area contributed by atoms with Crippen LogP contribution in [0.1, 0.15) is 62.8 Å². The molecule has 1 aromatic carbocycles. The monoisotopic (exact) mass is 312 g/mol. The van der Waals surface area contributed by atoms with Crippen molar-refractivity contribution in [2.45, 2.75) is 57.3 Å². The Balaban J connectivity index is 1.71. The van der Waals surface area contributed by atoms with Gasteiger partial charge in [0.05, 0.1) is 5.02 Å². The Kier molecular flexibility index (Phi) is 6.98. The Hall–Kier alpha value is -0.600. The highest BCUT2D eigenvalue weighted by Gasteiger charge is 2.22. The number of halogens is 2. The van der Waals surface area contributed by atoms with Gasteiger partial charge in [0.25, 0.3) is 0 Å². The molecule has 1 aromatic rings. The van der Waals surface area contributed by atoms with E-state index in [0.29, 0.717) is 5.92 Å². The smallest absolute Gasteiger partial charge is 0.142 e. The summed E-state index contributed by atoms with van der Waals surface area (Å²) in [5.41, 5.74) is 1.12. The van der Waals surface area contributed by atoms with Gasteiger partial charge in [-0.2, -0.15) is 0 Å². The minimum absolute atomic E-state index is 0.225. The molecule has 0 aromatic heterocycles. The summed E-state index contributed by atoms with van der Waals surface area (Å²) in [7, 11) is 1.76. The van der Waals surface area contributed by atoms with Crippen LogP contribution in [0, 0.1) is 11.7 Å². The van der Waals surface area contributed by atoms with Crippen molar-refractivity contribution in [3.8, 4) is 0 Å². The summed E-state index contributed by atoms with van der Waals surface area (Å²) in [6.07, 6.45) is 10.0. The molecule has 0 atom stereocenters. The lowest BCUT2D eigenvalue weighted by Crippen LogP contribution is -2.13. The normalized spacial score (nSPS) is 22.4. The highest BCUT2D eigenvalue weighted by molar-refractivity contribution is 6.30. The summed E-state index contributed by atoms with van der Waals surface area (Å²) in [5.74, 6) is 1.09. The predicted molar refractivity (Wildman–Crippen MR) is 86.5 cm³/mol. The van der Waals surface area contributed by atoms with Crippen molar-refractivity contribution in [2.24, 2.45) is 5.92 Å². The van der Waals surface area contributed by atoms with Crippen LogP contribution in [-0.2, 0) is 4.74 Å². The molecule has 0 amide bonds. The fourth-order valence-electron chi connectivity index (χ4n) is 3.41. The Bertz CT molecular complexity index is 427. The molecular formula is C18H26ClFO. The minimum atomic E-state index is -0.283. The van der Waals surface area contributed by atoms with Gasteiger partial charge in [-0.05, 0) is 61.6 Å². The van der Waals surface area contributed by atoms with Crippen LogP contribution in [-0.4, -0.2) is 13.7 Å². The summed E-state index contributed by atoms with van der Waals surface area (Å²) < 4.78 is 18.6. The first-order chi connectivity index (χ1) is 10.2. The van der Waals surface area contributed by atoms with Crippen molar-refractivity contribution < 1.29 is 9.13 Å². The van der Waals surface area contributed by atoms with E-state index in [1.54, 1.807) is 19.2 Å². The zero-order valence-electron chi connectivity index (χ0n) is 12.9. The van der Waals surface area contributed by atoms with E-state index in [1.807, 2.05) is 6.07 Å². The van der Waals surface area contributed by atoms with Crippen LogP contribution in [0.2, 0.25) is 5.02 Å².